The molecule has 19 heavy (non-hydrogen) atoms. The second-order valence-corrected chi connectivity index (χ2v) is 4.41. The topological polar surface area (TPSA) is 63.8 Å². The predicted octanol–water partition coefficient (Wildman–Crippen LogP) is 3.02. The van der Waals surface area contributed by atoms with Crippen molar-refractivity contribution in [2.24, 2.45) is 10.2 Å². The van der Waals surface area contributed by atoms with Gasteiger partial charge in [0.05, 0.1) is 16.8 Å². The molecule has 0 aliphatic carbocycles. The SMILES string of the molecule is CC(=O)n1cc(C2=C(C)N=NC2=O)c2ccccc21. The van der Waals surface area contributed by atoms with Crippen LogP contribution in [-0.4, -0.2) is 16.4 Å². The van der Waals surface area contributed by atoms with Gasteiger partial charge in [-0.2, -0.15) is 5.11 Å². The highest BCUT2D eigenvalue weighted by molar-refractivity contribution is 6.25. The van der Waals surface area contributed by atoms with Gasteiger partial charge >= 0.3 is 0 Å². The number of benzene rings is 1. The van der Waals surface area contributed by atoms with Gasteiger partial charge in [0.1, 0.15) is 0 Å². The molecule has 0 saturated carbocycles. The summed E-state index contributed by atoms with van der Waals surface area (Å²) in [7, 11) is 0. The summed E-state index contributed by atoms with van der Waals surface area (Å²) in [6.45, 7) is 3.23. The number of carbonyl (C=O) groups excluding carboxylic acids is 2. The van der Waals surface area contributed by atoms with Crippen molar-refractivity contribution in [2.45, 2.75) is 13.8 Å². The molecule has 0 radical (unpaired) electrons. The van der Waals surface area contributed by atoms with Gasteiger partial charge in [-0.1, -0.05) is 18.2 Å². The zero-order chi connectivity index (χ0) is 13.6. The Morgan fingerprint density at radius 1 is 1.21 bits per heavy atom. The maximum absolute atomic E-state index is 11.8. The van der Waals surface area contributed by atoms with Crippen LogP contribution in [0.4, 0.5) is 0 Å². The number of allylic oxidation sites excluding steroid dienone is 1. The van der Waals surface area contributed by atoms with E-state index in [1.165, 1.54) is 11.5 Å². The number of hydrogen-bond acceptors (Lipinski definition) is 3. The molecule has 0 N–H and O–H groups in total. The van der Waals surface area contributed by atoms with Crippen molar-refractivity contribution in [1.29, 1.82) is 0 Å². The minimum atomic E-state index is -0.357. The molecule has 1 amide bonds. The van der Waals surface area contributed by atoms with E-state index in [2.05, 4.69) is 10.2 Å². The van der Waals surface area contributed by atoms with E-state index in [9.17, 15) is 9.59 Å². The van der Waals surface area contributed by atoms with Crippen LogP contribution in [0.1, 0.15) is 24.2 Å². The standard InChI is InChI=1S/C14H11N3O2/c1-8-13(14(19)16-15-8)11-7-17(9(2)18)12-6-4-3-5-10(11)12/h3-7H,1-2H3. The number of nitrogens with zero attached hydrogens (tertiary/aromatic N) is 3. The quantitative estimate of drug-likeness (QED) is 0.784. The third-order valence-corrected chi connectivity index (χ3v) is 3.19. The van der Waals surface area contributed by atoms with Crippen molar-refractivity contribution in [2.75, 3.05) is 0 Å². The highest BCUT2D eigenvalue weighted by Gasteiger charge is 2.24. The number of hydrogen-bond donors (Lipinski definition) is 0. The third kappa shape index (κ3) is 1.62. The van der Waals surface area contributed by atoms with E-state index in [0.717, 1.165) is 10.9 Å². The lowest BCUT2D eigenvalue weighted by atomic mass is 10.0. The fourth-order valence-electron chi connectivity index (χ4n) is 2.32. The van der Waals surface area contributed by atoms with Crippen molar-refractivity contribution in [3.8, 4) is 0 Å². The predicted molar refractivity (Wildman–Crippen MR) is 70.7 cm³/mol. The Labute approximate surface area is 109 Å². The summed E-state index contributed by atoms with van der Waals surface area (Å²) in [6.07, 6.45) is 1.68. The van der Waals surface area contributed by atoms with Crippen molar-refractivity contribution in [3.05, 3.63) is 41.7 Å². The lowest BCUT2D eigenvalue weighted by Gasteiger charge is -1.97. The Morgan fingerprint density at radius 3 is 2.58 bits per heavy atom. The summed E-state index contributed by atoms with van der Waals surface area (Å²) in [5.41, 5.74) is 2.54. The molecule has 5 heteroatoms. The Morgan fingerprint density at radius 2 is 1.95 bits per heavy atom. The van der Waals surface area contributed by atoms with Gasteiger partial charge in [0.2, 0.25) is 5.91 Å². The van der Waals surface area contributed by atoms with Crippen LogP contribution in [0.15, 0.2) is 46.4 Å². The van der Waals surface area contributed by atoms with Gasteiger partial charge in [0.25, 0.3) is 5.91 Å². The van der Waals surface area contributed by atoms with Gasteiger partial charge in [-0.3, -0.25) is 14.2 Å². The molecule has 1 aliphatic rings. The number of rotatable bonds is 1. The first-order valence-corrected chi connectivity index (χ1v) is 5.88. The molecule has 2 aromatic rings. The Bertz CT molecular complexity index is 781. The maximum atomic E-state index is 11.8. The average Bonchev–Trinajstić information content (AvgIpc) is 2.91. The number of fused-ring (bicyclic) bond motifs is 1. The largest absolute Gasteiger partial charge is 0.297 e. The van der Waals surface area contributed by atoms with Crippen LogP contribution < -0.4 is 0 Å². The van der Waals surface area contributed by atoms with Crippen molar-refractivity contribution in [1.82, 2.24) is 4.57 Å². The molecule has 3 rings (SSSR count). The highest BCUT2D eigenvalue weighted by Crippen LogP contribution is 2.33. The molecule has 0 unspecified atom stereocenters. The normalized spacial score (nSPS) is 14.7. The Balaban J connectivity index is 2.35. The number of carbonyl (C=O) groups is 2. The summed E-state index contributed by atoms with van der Waals surface area (Å²) in [5, 5.41) is 8.20. The van der Waals surface area contributed by atoms with Gasteiger partial charge in [0.15, 0.2) is 0 Å². The number of para-hydroxylation sites is 1. The Kier molecular flexibility index (Phi) is 2.41. The lowest BCUT2D eigenvalue weighted by molar-refractivity contribution is -0.112. The van der Waals surface area contributed by atoms with Gasteiger partial charge in [-0.25, -0.2) is 0 Å². The van der Waals surface area contributed by atoms with Gasteiger partial charge in [0, 0.05) is 24.1 Å². The zero-order valence-electron chi connectivity index (χ0n) is 10.5. The molecule has 1 aliphatic heterocycles. The fraction of sp³-hybridized carbons (Fsp3) is 0.143. The van der Waals surface area contributed by atoms with E-state index in [1.54, 1.807) is 13.1 Å². The first-order valence-electron chi connectivity index (χ1n) is 5.88. The van der Waals surface area contributed by atoms with E-state index in [-0.39, 0.29) is 11.8 Å². The van der Waals surface area contributed by atoms with Crippen molar-refractivity contribution < 1.29 is 9.59 Å². The van der Waals surface area contributed by atoms with E-state index < -0.39 is 0 Å². The lowest BCUT2D eigenvalue weighted by Crippen LogP contribution is -2.03. The first-order chi connectivity index (χ1) is 9.09. The number of aromatic nitrogens is 1. The van der Waals surface area contributed by atoms with E-state index in [4.69, 9.17) is 0 Å². The van der Waals surface area contributed by atoms with E-state index >= 15 is 0 Å². The van der Waals surface area contributed by atoms with Crippen LogP contribution in [0.25, 0.3) is 16.5 Å². The van der Waals surface area contributed by atoms with Crippen molar-refractivity contribution >= 4 is 28.3 Å². The van der Waals surface area contributed by atoms with E-state index in [1.807, 2.05) is 24.3 Å². The van der Waals surface area contributed by atoms with Gasteiger partial charge < -0.3 is 0 Å². The summed E-state index contributed by atoms with van der Waals surface area (Å²) >= 11 is 0. The summed E-state index contributed by atoms with van der Waals surface area (Å²) in [4.78, 5) is 23.5. The van der Waals surface area contributed by atoms with Crippen LogP contribution in [-0.2, 0) is 4.79 Å². The summed E-state index contributed by atoms with van der Waals surface area (Å²) < 4.78 is 1.54. The molecule has 0 saturated heterocycles. The molecule has 94 valence electrons. The molecule has 0 atom stereocenters. The molecular formula is C14H11N3O2. The van der Waals surface area contributed by atoms with Gasteiger partial charge in [-0.15, -0.1) is 5.11 Å². The second kappa shape index (κ2) is 3.98. The molecular weight excluding hydrogens is 242 g/mol. The molecule has 1 aromatic carbocycles. The van der Waals surface area contributed by atoms with Crippen LogP contribution >= 0.6 is 0 Å². The van der Waals surface area contributed by atoms with Crippen LogP contribution in [0.3, 0.4) is 0 Å². The minimum Gasteiger partial charge on any atom is -0.287 e. The molecule has 1 aromatic heterocycles. The molecule has 2 heterocycles. The maximum Gasteiger partial charge on any atom is 0.297 e. The number of amides is 1. The monoisotopic (exact) mass is 253 g/mol. The third-order valence-electron chi connectivity index (χ3n) is 3.19. The zero-order valence-corrected chi connectivity index (χ0v) is 10.5. The van der Waals surface area contributed by atoms with Gasteiger partial charge in [-0.05, 0) is 13.0 Å². The van der Waals surface area contributed by atoms with Crippen LogP contribution in [0.5, 0.6) is 0 Å². The molecule has 5 nitrogen and oxygen atoms in total. The second-order valence-electron chi connectivity index (χ2n) is 4.41. The average molecular weight is 253 g/mol. The highest BCUT2D eigenvalue weighted by atomic mass is 16.2. The fourth-order valence-corrected chi connectivity index (χ4v) is 2.32. The van der Waals surface area contributed by atoms with Crippen LogP contribution in [0.2, 0.25) is 0 Å². The minimum absolute atomic E-state index is 0.0972. The summed E-state index contributed by atoms with van der Waals surface area (Å²) in [5.74, 6) is -0.455. The molecule has 0 fully saturated rings. The molecule has 0 spiro atoms. The number of azo groups is 1. The Hall–Kier alpha value is -2.56. The van der Waals surface area contributed by atoms with E-state index in [0.29, 0.717) is 16.8 Å². The van der Waals surface area contributed by atoms with Crippen LogP contribution in [0, 0.1) is 0 Å². The van der Waals surface area contributed by atoms with Crippen molar-refractivity contribution in [3.63, 3.8) is 0 Å². The first kappa shape index (κ1) is 11.5. The smallest absolute Gasteiger partial charge is 0.287 e. The summed E-state index contributed by atoms with van der Waals surface area (Å²) in [6, 6.07) is 7.47. The molecule has 0 bridgehead atoms.